The van der Waals surface area contributed by atoms with Gasteiger partial charge in [-0.15, -0.1) is 0 Å². The quantitative estimate of drug-likeness (QED) is 0.830. The van der Waals surface area contributed by atoms with E-state index in [1.54, 1.807) is 0 Å². The number of anilines is 1. The van der Waals surface area contributed by atoms with E-state index in [0.717, 1.165) is 22.5 Å². The molecular weight excluding hydrogens is 188 g/mol. The van der Waals surface area contributed by atoms with Crippen molar-refractivity contribution in [2.75, 3.05) is 19.0 Å². The summed E-state index contributed by atoms with van der Waals surface area (Å²) in [5, 5.41) is 4.12. The zero-order valence-electron chi connectivity index (χ0n) is 8.95. The number of para-hydroxylation sites is 1. The van der Waals surface area contributed by atoms with Crippen LogP contribution in [0.15, 0.2) is 30.3 Å². The van der Waals surface area contributed by atoms with Crippen LogP contribution in [0, 0.1) is 0 Å². The van der Waals surface area contributed by atoms with Gasteiger partial charge in [-0.05, 0) is 25.1 Å². The van der Waals surface area contributed by atoms with Crippen molar-refractivity contribution in [1.29, 1.82) is 0 Å². The molecule has 78 valence electrons. The van der Waals surface area contributed by atoms with E-state index in [2.05, 4.69) is 10.3 Å². The molecule has 0 spiro atoms. The van der Waals surface area contributed by atoms with Crippen molar-refractivity contribution in [3.8, 4) is 5.75 Å². The third-order valence-electron chi connectivity index (χ3n) is 2.24. The zero-order chi connectivity index (χ0) is 10.7. The highest BCUT2D eigenvalue weighted by Gasteiger charge is 2.03. The molecular formula is C12H14N2O. The summed E-state index contributed by atoms with van der Waals surface area (Å²) in [5.74, 6) is 1.70. The van der Waals surface area contributed by atoms with E-state index in [0.29, 0.717) is 6.61 Å². The molecule has 0 fully saturated rings. The molecule has 0 bridgehead atoms. The Labute approximate surface area is 89.1 Å². The van der Waals surface area contributed by atoms with E-state index < -0.39 is 0 Å². The number of hydrogen-bond acceptors (Lipinski definition) is 3. The second-order valence-corrected chi connectivity index (χ2v) is 3.21. The molecule has 0 saturated heterocycles. The number of benzene rings is 1. The lowest BCUT2D eigenvalue weighted by atomic mass is 10.2. The molecule has 0 amide bonds. The third kappa shape index (κ3) is 1.86. The molecule has 0 aliphatic heterocycles. The Kier molecular flexibility index (Phi) is 2.72. The zero-order valence-corrected chi connectivity index (χ0v) is 8.95. The van der Waals surface area contributed by atoms with Gasteiger partial charge in [0.15, 0.2) is 0 Å². The summed E-state index contributed by atoms with van der Waals surface area (Å²) in [4.78, 5) is 4.48. The van der Waals surface area contributed by atoms with E-state index in [4.69, 9.17) is 4.74 Å². The second-order valence-electron chi connectivity index (χ2n) is 3.21. The molecule has 0 saturated carbocycles. The molecule has 0 unspecified atom stereocenters. The molecule has 0 aliphatic rings. The maximum absolute atomic E-state index is 5.53. The number of hydrogen-bond donors (Lipinski definition) is 1. The monoisotopic (exact) mass is 202 g/mol. The number of nitrogens with zero attached hydrogens (tertiary/aromatic N) is 1. The van der Waals surface area contributed by atoms with E-state index in [1.165, 1.54) is 0 Å². The van der Waals surface area contributed by atoms with Gasteiger partial charge >= 0.3 is 0 Å². The normalized spacial score (nSPS) is 10.3. The first-order chi connectivity index (χ1) is 7.35. The van der Waals surface area contributed by atoms with E-state index >= 15 is 0 Å². The van der Waals surface area contributed by atoms with Crippen LogP contribution in [0.25, 0.3) is 10.9 Å². The molecule has 15 heavy (non-hydrogen) atoms. The summed E-state index contributed by atoms with van der Waals surface area (Å²) in [6.07, 6.45) is 0. The first kappa shape index (κ1) is 9.77. The number of ether oxygens (including phenoxy) is 1. The van der Waals surface area contributed by atoms with E-state index in [1.807, 2.05) is 44.3 Å². The Bertz CT molecular complexity index is 468. The van der Waals surface area contributed by atoms with Gasteiger partial charge in [0, 0.05) is 12.4 Å². The summed E-state index contributed by atoms with van der Waals surface area (Å²) >= 11 is 0. The van der Waals surface area contributed by atoms with Gasteiger partial charge in [0.1, 0.15) is 17.1 Å². The van der Waals surface area contributed by atoms with Crippen LogP contribution in [0.2, 0.25) is 0 Å². The second kappa shape index (κ2) is 4.17. The third-order valence-corrected chi connectivity index (χ3v) is 2.24. The number of pyridine rings is 1. The minimum absolute atomic E-state index is 0.657. The maximum atomic E-state index is 5.53. The van der Waals surface area contributed by atoms with Crippen molar-refractivity contribution < 1.29 is 4.74 Å². The van der Waals surface area contributed by atoms with E-state index in [9.17, 15) is 0 Å². The van der Waals surface area contributed by atoms with Crippen molar-refractivity contribution in [2.24, 2.45) is 0 Å². The lowest BCUT2D eigenvalue weighted by molar-refractivity contribution is 0.343. The summed E-state index contributed by atoms with van der Waals surface area (Å²) in [6, 6.07) is 9.95. The smallest absolute Gasteiger partial charge is 0.145 e. The van der Waals surface area contributed by atoms with Gasteiger partial charge in [0.25, 0.3) is 0 Å². The highest BCUT2D eigenvalue weighted by atomic mass is 16.5. The van der Waals surface area contributed by atoms with Gasteiger partial charge in [-0.2, -0.15) is 0 Å². The van der Waals surface area contributed by atoms with Crippen molar-refractivity contribution in [3.63, 3.8) is 0 Å². The van der Waals surface area contributed by atoms with Crippen LogP contribution in [-0.4, -0.2) is 18.6 Å². The summed E-state index contributed by atoms with van der Waals surface area (Å²) in [7, 11) is 1.86. The first-order valence-corrected chi connectivity index (χ1v) is 5.05. The van der Waals surface area contributed by atoms with E-state index in [-0.39, 0.29) is 0 Å². The predicted octanol–water partition coefficient (Wildman–Crippen LogP) is 2.68. The highest BCUT2D eigenvalue weighted by Crippen LogP contribution is 2.24. The van der Waals surface area contributed by atoms with Gasteiger partial charge < -0.3 is 10.1 Å². The van der Waals surface area contributed by atoms with Gasteiger partial charge in [0.05, 0.1) is 6.61 Å². The fourth-order valence-electron chi connectivity index (χ4n) is 1.53. The lowest BCUT2D eigenvalue weighted by Gasteiger charge is -2.07. The molecule has 1 aromatic heterocycles. The van der Waals surface area contributed by atoms with Crippen LogP contribution in [-0.2, 0) is 0 Å². The Morgan fingerprint density at radius 1 is 1.27 bits per heavy atom. The lowest BCUT2D eigenvalue weighted by Crippen LogP contribution is -1.96. The molecule has 0 atom stereocenters. The van der Waals surface area contributed by atoms with Gasteiger partial charge in [0.2, 0.25) is 0 Å². The fraction of sp³-hybridized carbons (Fsp3) is 0.250. The number of rotatable bonds is 3. The molecule has 3 nitrogen and oxygen atoms in total. The fourth-order valence-corrected chi connectivity index (χ4v) is 1.53. The Balaban J connectivity index is 2.59. The standard InChI is InChI=1S/C12H14N2O/c1-3-15-10-6-4-5-9-7-8-11(13-2)14-12(9)10/h4-8H,3H2,1-2H3,(H,13,14). The molecule has 1 heterocycles. The molecule has 0 aliphatic carbocycles. The molecule has 2 aromatic rings. The SMILES string of the molecule is CCOc1cccc2ccc(NC)nc12. The molecule has 1 aromatic carbocycles. The van der Waals surface area contributed by atoms with Crippen molar-refractivity contribution >= 4 is 16.7 Å². The van der Waals surface area contributed by atoms with Gasteiger partial charge in [-0.1, -0.05) is 12.1 Å². The minimum Gasteiger partial charge on any atom is -0.492 e. The summed E-state index contributed by atoms with van der Waals surface area (Å²) in [5.41, 5.74) is 0.909. The predicted molar refractivity (Wildman–Crippen MR) is 62.5 cm³/mol. The van der Waals surface area contributed by atoms with Crippen molar-refractivity contribution in [2.45, 2.75) is 6.92 Å². The molecule has 3 heteroatoms. The summed E-state index contributed by atoms with van der Waals surface area (Å²) in [6.45, 7) is 2.63. The Hall–Kier alpha value is -1.77. The largest absolute Gasteiger partial charge is 0.492 e. The number of fused-ring (bicyclic) bond motifs is 1. The van der Waals surface area contributed by atoms with Crippen molar-refractivity contribution in [3.05, 3.63) is 30.3 Å². The Morgan fingerprint density at radius 3 is 2.87 bits per heavy atom. The highest BCUT2D eigenvalue weighted by molar-refractivity contribution is 5.85. The maximum Gasteiger partial charge on any atom is 0.145 e. The van der Waals surface area contributed by atoms with Crippen LogP contribution in [0.1, 0.15) is 6.92 Å². The average Bonchev–Trinajstić information content (AvgIpc) is 2.29. The number of aromatic nitrogens is 1. The van der Waals surface area contributed by atoms with Crippen LogP contribution in [0.3, 0.4) is 0 Å². The topological polar surface area (TPSA) is 34.1 Å². The van der Waals surface area contributed by atoms with Crippen molar-refractivity contribution in [1.82, 2.24) is 4.98 Å². The molecule has 1 N–H and O–H groups in total. The van der Waals surface area contributed by atoms with Gasteiger partial charge in [-0.25, -0.2) is 4.98 Å². The first-order valence-electron chi connectivity index (χ1n) is 5.05. The van der Waals surface area contributed by atoms with Crippen LogP contribution in [0.5, 0.6) is 5.75 Å². The molecule has 0 radical (unpaired) electrons. The Morgan fingerprint density at radius 2 is 2.13 bits per heavy atom. The van der Waals surface area contributed by atoms with Crippen LogP contribution < -0.4 is 10.1 Å². The average molecular weight is 202 g/mol. The summed E-state index contributed by atoms with van der Waals surface area (Å²) < 4.78 is 5.53. The minimum atomic E-state index is 0.657. The molecule has 2 rings (SSSR count). The number of nitrogens with one attached hydrogen (secondary N) is 1. The van der Waals surface area contributed by atoms with Gasteiger partial charge in [-0.3, -0.25) is 0 Å². The van der Waals surface area contributed by atoms with Crippen LogP contribution >= 0.6 is 0 Å². The van der Waals surface area contributed by atoms with Crippen LogP contribution in [0.4, 0.5) is 5.82 Å².